The van der Waals surface area contributed by atoms with Crippen molar-refractivity contribution in [3.05, 3.63) is 78.1 Å². The number of methoxy groups -OCH3 is 1. The second-order valence-electron chi connectivity index (χ2n) is 9.19. The van der Waals surface area contributed by atoms with Crippen LogP contribution in [-0.4, -0.2) is 31.0 Å². The monoisotopic (exact) mass is 503 g/mol. The Morgan fingerprint density at radius 1 is 1.08 bits per heavy atom. The third-order valence-electron chi connectivity index (χ3n) is 6.51. The minimum Gasteiger partial charge on any atom is -0.491 e. The van der Waals surface area contributed by atoms with Crippen molar-refractivity contribution in [2.75, 3.05) is 31.4 Å². The van der Waals surface area contributed by atoms with Gasteiger partial charge in [0.1, 0.15) is 24.3 Å². The van der Waals surface area contributed by atoms with E-state index in [0.717, 1.165) is 46.4 Å². The summed E-state index contributed by atoms with van der Waals surface area (Å²) < 4.78 is 31.8. The molecule has 0 radical (unpaired) electrons. The van der Waals surface area contributed by atoms with E-state index in [4.69, 9.17) is 19.9 Å². The fourth-order valence-corrected chi connectivity index (χ4v) is 4.48. The van der Waals surface area contributed by atoms with Crippen molar-refractivity contribution in [3.8, 4) is 17.0 Å². The summed E-state index contributed by atoms with van der Waals surface area (Å²) in [5.41, 5.74) is 11.7. The second-order valence-corrected chi connectivity index (χ2v) is 9.19. The van der Waals surface area contributed by atoms with E-state index in [1.807, 2.05) is 42.5 Å². The molecule has 1 saturated carbocycles. The summed E-state index contributed by atoms with van der Waals surface area (Å²) >= 11 is 0. The van der Waals surface area contributed by atoms with Crippen LogP contribution < -0.4 is 15.8 Å². The first-order chi connectivity index (χ1) is 17.9. The van der Waals surface area contributed by atoms with Gasteiger partial charge in [-0.05, 0) is 61.7 Å². The van der Waals surface area contributed by atoms with Gasteiger partial charge in [-0.2, -0.15) is 0 Å². The van der Waals surface area contributed by atoms with Crippen LogP contribution in [-0.2, 0) is 9.47 Å². The van der Waals surface area contributed by atoms with Gasteiger partial charge in [-0.3, -0.25) is 5.32 Å². The number of anilines is 2. The Kier molecular flexibility index (Phi) is 7.01. The van der Waals surface area contributed by atoms with E-state index in [2.05, 4.69) is 9.88 Å². The molecule has 8 heteroatoms. The zero-order valence-corrected chi connectivity index (χ0v) is 20.9. The van der Waals surface area contributed by atoms with Crippen molar-refractivity contribution in [2.24, 2.45) is 0 Å². The van der Waals surface area contributed by atoms with Gasteiger partial charge in [-0.1, -0.05) is 24.3 Å². The second kappa shape index (κ2) is 10.5. The molecule has 1 aliphatic carbocycles. The van der Waals surface area contributed by atoms with Crippen molar-refractivity contribution in [1.29, 1.82) is 0 Å². The van der Waals surface area contributed by atoms with Crippen LogP contribution in [0.3, 0.4) is 0 Å². The topological polar surface area (TPSA) is 87.7 Å². The van der Waals surface area contributed by atoms with Crippen LogP contribution in [0.4, 0.5) is 20.6 Å². The quantitative estimate of drug-likeness (QED) is 0.248. The lowest BCUT2D eigenvalue weighted by Gasteiger charge is -2.15. The van der Waals surface area contributed by atoms with Gasteiger partial charge in [-0.25, -0.2) is 9.18 Å². The number of ether oxygens (including phenoxy) is 3. The first kappa shape index (κ1) is 24.6. The van der Waals surface area contributed by atoms with Crippen molar-refractivity contribution in [1.82, 2.24) is 4.57 Å². The summed E-state index contributed by atoms with van der Waals surface area (Å²) in [6.07, 6.45) is 1.10. The molecule has 0 saturated heterocycles. The molecule has 1 amide bonds. The van der Waals surface area contributed by atoms with Crippen LogP contribution in [0.25, 0.3) is 22.2 Å². The maximum Gasteiger partial charge on any atom is 0.412 e. The average Bonchev–Trinajstić information content (AvgIpc) is 3.69. The lowest BCUT2D eigenvalue weighted by molar-refractivity contribution is 0.121. The zero-order valence-electron chi connectivity index (χ0n) is 20.9. The lowest BCUT2D eigenvalue weighted by Crippen LogP contribution is -2.16. The number of aromatic nitrogens is 1. The van der Waals surface area contributed by atoms with Gasteiger partial charge in [0.15, 0.2) is 0 Å². The standard InChI is InChI=1S/C29H30FN3O4/c1-18(19-3-7-21(30)8-4-19)37-29(34)32-22-9-5-20(6-10-22)28-27(31)25-14-13-24(36-16-15-35-2)17-26(25)33(28)23-11-12-23/h3-10,13-14,17-18,23H,11-12,15-16,31H2,1-2H3,(H,32,34). The predicted molar refractivity (Wildman–Crippen MR) is 142 cm³/mol. The highest BCUT2D eigenvalue weighted by Crippen LogP contribution is 2.46. The summed E-state index contributed by atoms with van der Waals surface area (Å²) in [4.78, 5) is 12.4. The largest absolute Gasteiger partial charge is 0.491 e. The van der Waals surface area contributed by atoms with Gasteiger partial charge >= 0.3 is 6.09 Å². The first-order valence-corrected chi connectivity index (χ1v) is 12.3. The number of halogens is 1. The molecule has 1 unspecified atom stereocenters. The molecule has 3 N–H and O–H groups in total. The van der Waals surface area contributed by atoms with Gasteiger partial charge in [-0.15, -0.1) is 0 Å². The molecule has 1 heterocycles. The Bertz CT molecular complexity index is 1400. The normalized spacial score (nSPS) is 13.9. The number of nitrogens with two attached hydrogens (primary N) is 1. The van der Waals surface area contributed by atoms with Crippen LogP contribution >= 0.6 is 0 Å². The Balaban J connectivity index is 1.34. The Morgan fingerprint density at radius 3 is 2.49 bits per heavy atom. The molecule has 7 nitrogen and oxygen atoms in total. The van der Waals surface area contributed by atoms with E-state index in [0.29, 0.717) is 30.5 Å². The molecule has 37 heavy (non-hydrogen) atoms. The molecular formula is C29H30FN3O4. The predicted octanol–water partition coefficient (Wildman–Crippen LogP) is 6.70. The Morgan fingerprint density at radius 2 is 1.81 bits per heavy atom. The number of nitrogens with zero attached hydrogens (tertiary/aromatic N) is 1. The number of fused-ring (bicyclic) bond motifs is 1. The van der Waals surface area contributed by atoms with Crippen molar-refractivity contribution < 1.29 is 23.4 Å². The van der Waals surface area contributed by atoms with E-state index < -0.39 is 12.2 Å². The molecule has 5 rings (SSSR count). The maximum atomic E-state index is 13.1. The average molecular weight is 504 g/mol. The van der Waals surface area contributed by atoms with Gasteiger partial charge in [0.2, 0.25) is 0 Å². The van der Waals surface area contributed by atoms with Crippen LogP contribution in [0.5, 0.6) is 5.75 Å². The molecule has 192 valence electrons. The van der Waals surface area contributed by atoms with Crippen molar-refractivity contribution in [3.63, 3.8) is 0 Å². The lowest BCUT2D eigenvalue weighted by atomic mass is 10.1. The van der Waals surface area contributed by atoms with Crippen molar-refractivity contribution >= 4 is 28.4 Å². The Labute approximate surface area is 214 Å². The van der Waals surface area contributed by atoms with Gasteiger partial charge < -0.3 is 24.5 Å². The van der Waals surface area contributed by atoms with E-state index in [-0.39, 0.29) is 5.82 Å². The number of carbonyl (C=O) groups excluding carboxylic acids is 1. The number of hydrogen-bond donors (Lipinski definition) is 2. The molecule has 0 spiro atoms. The maximum absolute atomic E-state index is 13.1. The number of hydrogen-bond acceptors (Lipinski definition) is 5. The molecule has 1 atom stereocenters. The van der Waals surface area contributed by atoms with E-state index >= 15 is 0 Å². The fourth-order valence-electron chi connectivity index (χ4n) is 4.48. The van der Waals surface area contributed by atoms with Gasteiger partial charge in [0.05, 0.1) is 23.5 Å². The van der Waals surface area contributed by atoms with Crippen LogP contribution in [0, 0.1) is 5.82 Å². The summed E-state index contributed by atoms with van der Waals surface area (Å²) in [6, 6.07) is 19.8. The smallest absolute Gasteiger partial charge is 0.412 e. The number of nitrogen functional groups attached to an aromatic ring is 1. The molecule has 0 aliphatic heterocycles. The van der Waals surface area contributed by atoms with Crippen LogP contribution in [0.1, 0.15) is 37.5 Å². The third kappa shape index (κ3) is 5.39. The van der Waals surface area contributed by atoms with Crippen LogP contribution in [0.2, 0.25) is 0 Å². The number of rotatable bonds is 9. The molecule has 4 aromatic rings. The summed E-state index contributed by atoms with van der Waals surface area (Å²) in [5.74, 6) is 0.445. The number of carbonyl (C=O) groups is 1. The minimum absolute atomic E-state index is 0.335. The molecule has 1 aliphatic rings. The SMILES string of the molecule is COCCOc1ccc2c(N)c(-c3ccc(NC(=O)OC(C)c4ccc(F)cc4)cc3)n(C3CC3)c2c1. The molecule has 1 fully saturated rings. The molecule has 1 aromatic heterocycles. The fraction of sp³-hybridized carbons (Fsp3) is 0.276. The highest BCUT2D eigenvalue weighted by molar-refractivity contribution is 6.02. The third-order valence-corrected chi connectivity index (χ3v) is 6.51. The first-order valence-electron chi connectivity index (χ1n) is 12.3. The van der Waals surface area contributed by atoms with Gasteiger partial charge in [0.25, 0.3) is 0 Å². The number of benzene rings is 3. The minimum atomic E-state index is -0.586. The number of nitrogens with one attached hydrogen (secondary N) is 1. The summed E-state index contributed by atoms with van der Waals surface area (Å²) in [5, 5.41) is 3.74. The molecule has 3 aromatic carbocycles. The molecular weight excluding hydrogens is 473 g/mol. The highest BCUT2D eigenvalue weighted by Gasteiger charge is 2.30. The van der Waals surface area contributed by atoms with E-state index in [9.17, 15) is 9.18 Å². The highest BCUT2D eigenvalue weighted by atomic mass is 19.1. The van der Waals surface area contributed by atoms with Gasteiger partial charge in [0, 0.05) is 35.9 Å². The summed E-state index contributed by atoms with van der Waals surface area (Å²) in [7, 11) is 1.65. The Hall–Kier alpha value is -4.04. The van der Waals surface area contributed by atoms with Crippen LogP contribution in [0.15, 0.2) is 66.7 Å². The van der Waals surface area contributed by atoms with E-state index in [1.165, 1.54) is 12.1 Å². The summed E-state index contributed by atoms with van der Waals surface area (Å²) in [6.45, 7) is 2.74. The van der Waals surface area contributed by atoms with Crippen molar-refractivity contribution in [2.45, 2.75) is 31.9 Å². The zero-order chi connectivity index (χ0) is 25.9. The molecule has 0 bridgehead atoms. The van der Waals surface area contributed by atoms with E-state index in [1.54, 1.807) is 26.2 Å². The number of amides is 1.